The first-order chi connectivity index (χ1) is 20.1. The lowest BCUT2D eigenvalue weighted by atomic mass is 9.92. The fraction of sp³-hybridized carbons (Fsp3) is 0.222. The molecule has 4 N–H and O–H groups in total. The van der Waals surface area contributed by atoms with E-state index in [0.717, 1.165) is 25.9 Å². The summed E-state index contributed by atoms with van der Waals surface area (Å²) < 4.78 is 0. The van der Waals surface area contributed by atoms with E-state index < -0.39 is 0 Å². The van der Waals surface area contributed by atoms with Crippen molar-refractivity contribution in [3.05, 3.63) is 130 Å². The molecule has 0 radical (unpaired) electrons. The number of para-hydroxylation sites is 2. The van der Waals surface area contributed by atoms with Gasteiger partial charge in [0.15, 0.2) is 0 Å². The maximum absolute atomic E-state index is 3.87. The summed E-state index contributed by atoms with van der Waals surface area (Å²) in [5.41, 5.74) is 13.3. The van der Waals surface area contributed by atoms with E-state index in [-0.39, 0.29) is 24.5 Å². The third-order valence-corrected chi connectivity index (χ3v) is 10.0. The third-order valence-electron chi connectivity index (χ3n) is 8.90. The lowest BCUT2D eigenvalue weighted by Gasteiger charge is -2.25. The molecule has 2 unspecified atom stereocenters. The molecule has 0 amide bonds. The summed E-state index contributed by atoms with van der Waals surface area (Å²) in [7, 11) is 0. The Bertz CT molecular complexity index is 1760. The summed E-state index contributed by atoms with van der Waals surface area (Å²) in [5, 5.41) is 10.2. The van der Waals surface area contributed by atoms with Crippen LogP contribution in [0.1, 0.15) is 56.9 Å². The Labute approximate surface area is 257 Å². The monoisotopic (exact) mass is 590 g/mol. The molecule has 8 rings (SSSR count). The van der Waals surface area contributed by atoms with Crippen LogP contribution < -0.4 is 10.6 Å². The predicted octanol–water partition coefficient (Wildman–Crippen LogP) is 8.31. The molecule has 2 aromatic heterocycles. The van der Waals surface area contributed by atoms with Crippen LogP contribution in [0.3, 0.4) is 0 Å². The van der Waals surface area contributed by atoms with Gasteiger partial charge in [0.05, 0.1) is 23.1 Å². The smallest absolute Gasteiger partial charge is 0.0601 e. The Morgan fingerprint density at radius 1 is 0.571 bits per heavy atom. The SMILES string of the molecule is Cc1ccc(C2NCCc3[nH]c4c(Sc5cccc6c7c([nH]c56)CCNC7c5ccc(C)cc5)cccc4c32)cc1.Cl. The van der Waals surface area contributed by atoms with Crippen molar-refractivity contribution < 1.29 is 0 Å². The highest BCUT2D eigenvalue weighted by atomic mass is 35.5. The second-order valence-corrected chi connectivity index (χ2v) is 12.7. The molecule has 0 bridgehead atoms. The van der Waals surface area contributed by atoms with Crippen molar-refractivity contribution >= 4 is 46.0 Å². The van der Waals surface area contributed by atoms with E-state index in [1.165, 1.54) is 76.4 Å². The van der Waals surface area contributed by atoms with Crippen LogP contribution in [0.4, 0.5) is 0 Å². The molecule has 2 atom stereocenters. The van der Waals surface area contributed by atoms with Gasteiger partial charge in [0.2, 0.25) is 0 Å². The number of aryl methyl sites for hydroxylation is 2. The molecule has 212 valence electrons. The molecule has 4 aromatic carbocycles. The van der Waals surface area contributed by atoms with E-state index in [9.17, 15) is 0 Å². The summed E-state index contributed by atoms with van der Waals surface area (Å²) in [6.07, 6.45) is 2.03. The first-order valence-corrected chi connectivity index (χ1v) is 15.5. The Hall–Kier alpha value is -3.48. The Morgan fingerprint density at radius 3 is 1.43 bits per heavy atom. The zero-order valence-electron chi connectivity index (χ0n) is 23.9. The predicted molar refractivity (Wildman–Crippen MR) is 177 cm³/mol. The van der Waals surface area contributed by atoms with E-state index >= 15 is 0 Å². The Balaban J connectivity index is 0.00000288. The van der Waals surface area contributed by atoms with E-state index in [4.69, 9.17) is 0 Å². The highest BCUT2D eigenvalue weighted by Gasteiger charge is 2.28. The van der Waals surface area contributed by atoms with Gasteiger partial charge in [0.25, 0.3) is 0 Å². The molecular weight excluding hydrogens is 556 g/mol. The van der Waals surface area contributed by atoms with Gasteiger partial charge >= 0.3 is 0 Å². The molecule has 2 aliphatic heterocycles. The number of nitrogens with one attached hydrogen (secondary N) is 4. The maximum atomic E-state index is 3.87. The fourth-order valence-corrected chi connectivity index (χ4v) is 7.90. The highest BCUT2D eigenvalue weighted by Crippen LogP contribution is 2.43. The minimum Gasteiger partial charge on any atom is -0.357 e. The van der Waals surface area contributed by atoms with Gasteiger partial charge in [-0.3, -0.25) is 0 Å². The zero-order chi connectivity index (χ0) is 27.5. The lowest BCUT2D eigenvalue weighted by Crippen LogP contribution is -2.30. The minimum absolute atomic E-state index is 0. The van der Waals surface area contributed by atoms with Gasteiger partial charge in [-0.1, -0.05) is 95.7 Å². The highest BCUT2D eigenvalue weighted by molar-refractivity contribution is 7.99. The van der Waals surface area contributed by atoms with E-state index in [1.807, 2.05) is 11.8 Å². The second kappa shape index (κ2) is 11.0. The van der Waals surface area contributed by atoms with Crippen LogP contribution in [0, 0.1) is 13.8 Å². The van der Waals surface area contributed by atoms with E-state index in [1.54, 1.807) is 0 Å². The van der Waals surface area contributed by atoms with Gasteiger partial charge in [0.1, 0.15) is 0 Å². The number of H-pyrrole nitrogens is 2. The quantitative estimate of drug-likeness (QED) is 0.167. The van der Waals surface area contributed by atoms with Crippen molar-refractivity contribution in [1.29, 1.82) is 0 Å². The molecule has 6 heteroatoms. The fourth-order valence-electron chi connectivity index (χ4n) is 6.85. The average Bonchev–Trinajstić information content (AvgIpc) is 3.58. The van der Waals surface area contributed by atoms with Crippen LogP contribution in [-0.4, -0.2) is 23.1 Å². The van der Waals surface area contributed by atoms with Crippen molar-refractivity contribution in [3.8, 4) is 0 Å². The van der Waals surface area contributed by atoms with Gasteiger partial charge in [-0.2, -0.15) is 0 Å². The van der Waals surface area contributed by atoms with Crippen molar-refractivity contribution in [1.82, 2.24) is 20.6 Å². The average molecular weight is 591 g/mol. The molecule has 4 heterocycles. The summed E-state index contributed by atoms with van der Waals surface area (Å²) in [5.74, 6) is 0. The number of aromatic nitrogens is 2. The molecule has 0 saturated carbocycles. The van der Waals surface area contributed by atoms with Crippen LogP contribution in [0.15, 0.2) is 94.7 Å². The number of rotatable bonds is 4. The van der Waals surface area contributed by atoms with Gasteiger partial charge in [-0.05, 0) is 37.1 Å². The van der Waals surface area contributed by atoms with Crippen LogP contribution in [0.5, 0.6) is 0 Å². The summed E-state index contributed by atoms with van der Waals surface area (Å²) in [6, 6.07) is 31.9. The molecule has 0 fully saturated rings. The molecule has 4 nitrogen and oxygen atoms in total. The molecular formula is C36H35ClN4S. The van der Waals surface area contributed by atoms with Gasteiger partial charge in [0, 0.05) is 69.0 Å². The number of fused-ring (bicyclic) bond motifs is 6. The minimum atomic E-state index is 0. The van der Waals surface area contributed by atoms with Gasteiger partial charge in [-0.25, -0.2) is 0 Å². The molecule has 0 saturated heterocycles. The number of hydrogen-bond acceptors (Lipinski definition) is 3. The Morgan fingerprint density at radius 2 is 1.00 bits per heavy atom. The first-order valence-electron chi connectivity index (χ1n) is 14.7. The van der Waals surface area contributed by atoms with E-state index in [0.29, 0.717) is 0 Å². The standard InChI is InChI=1S/C36H34N4S.ClH/c1-21-9-13-23(14-10-21)33-31-25-5-3-7-29(35(25)39-27(31)17-19-37-33)41-30-8-4-6-26-32-28(40-36(26)30)18-20-38-34(32)24-15-11-22(2)12-16-24;/h3-16,33-34,37-40H,17-20H2,1-2H3;1H. The number of benzene rings is 4. The third kappa shape index (κ3) is 4.56. The second-order valence-electron chi connectivity index (χ2n) is 11.6. The number of halogens is 1. The molecule has 6 aromatic rings. The zero-order valence-corrected chi connectivity index (χ0v) is 25.5. The molecule has 0 spiro atoms. The molecule has 2 aliphatic rings. The number of hydrogen-bond donors (Lipinski definition) is 4. The van der Waals surface area contributed by atoms with Crippen molar-refractivity contribution in [3.63, 3.8) is 0 Å². The van der Waals surface area contributed by atoms with Crippen molar-refractivity contribution in [2.75, 3.05) is 13.1 Å². The molecule has 42 heavy (non-hydrogen) atoms. The van der Waals surface area contributed by atoms with Crippen LogP contribution in [-0.2, 0) is 12.8 Å². The largest absolute Gasteiger partial charge is 0.357 e. The normalized spacial score (nSPS) is 18.0. The van der Waals surface area contributed by atoms with Gasteiger partial charge in [-0.15, -0.1) is 12.4 Å². The van der Waals surface area contributed by atoms with Crippen molar-refractivity contribution in [2.45, 2.75) is 48.6 Å². The van der Waals surface area contributed by atoms with Crippen molar-refractivity contribution in [2.24, 2.45) is 0 Å². The molecule has 0 aliphatic carbocycles. The first kappa shape index (κ1) is 27.4. The number of aromatic amines is 2. The van der Waals surface area contributed by atoms with Crippen LogP contribution in [0.25, 0.3) is 21.8 Å². The lowest BCUT2D eigenvalue weighted by molar-refractivity contribution is 0.567. The topological polar surface area (TPSA) is 55.6 Å². The summed E-state index contributed by atoms with van der Waals surface area (Å²) >= 11 is 1.87. The maximum Gasteiger partial charge on any atom is 0.0601 e. The Kier molecular flexibility index (Phi) is 7.15. The van der Waals surface area contributed by atoms with Crippen LogP contribution >= 0.6 is 24.2 Å². The summed E-state index contributed by atoms with van der Waals surface area (Å²) in [6.45, 7) is 6.26. The van der Waals surface area contributed by atoms with E-state index in [2.05, 4.69) is 119 Å². The summed E-state index contributed by atoms with van der Waals surface area (Å²) in [4.78, 5) is 10.3. The van der Waals surface area contributed by atoms with Crippen LogP contribution in [0.2, 0.25) is 0 Å². The van der Waals surface area contributed by atoms with Gasteiger partial charge < -0.3 is 20.6 Å².